The molecule has 0 spiro atoms. The van der Waals surface area contributed by atoms with Crippen molar-refractivity contribution < 1.29 is 40.3 Å². The molecule has 0 aliphatic carbocycles. The van der Waals surface area contributed by atoms with Gasteiger partial charge < -0.3 is 14.5 Å². The zero-order chi connectivity index (χ0) is 25.1. The number of rotatable bonds is 7. The van der Waals surface area contributed by atoms with Crippen LogP contribution in [0.2, 0.25) is 0 Å². The summed E-state index contributed by atoms with van der Waals surface area (Å²) in [5, 5.41) is 2.55. The average Bonchev–Trinajstić information content (AvgIpc) is 3.22. The molecule has 9 nitrogen and oxygen atoms in total. The number of ether oxygens (including phenoxy) is 1. The topological polar surface area (TPSA) is 128 Å². The third-order valence-corrected chi connectivity index (χ3v) is 5.92. The number of methoxy groups -OCH3 is 1. The molecule has 13 heteroatoms. The second-order valence-electron chi connectivity index (χ2n) is 6.99. The van der Waals surface area contributed by atoms with Crippen molar-refractivity contribution in [2.24, 2.45) is 0 Å². The SMILES string of the molecule is COC(=O)c1cc(CNC(=O)c2ocnc2C)cc(NS(=O)(=O)c2cccc(C(F)(F)F)c2)c1. The lowest BCUT2D eigenvalue weighted by molar-refractivity contribution is -0.137. The van der Waals surface area contributed by atoms with Gasteiger partial charge in [-0.1, -0.05) is 6.07 Å². The molecule has 2 N–H and O–H groups in total. The molecule has 180 valence electrons. The Hall–Kier alpha value is -3.87. The molecule has 0 aliphatic rings. The molecule has 1 amide bonds. The average molecular weight is 497 g/mol. The van der Waals surface area contributed by atoms with Crippen molar-refractivity contribution in [2.45, 2.75) is 24.5 Å². The summed E-state index contributed by atoms with van der Waals surface area (Å²) < 4.78 is 76.2. The molecule has 3 rings (SSSR count). The maximum absolute atomic E-state index is 13.0. The Labute approximate surface area is 192 Å². The largest absolute Gasteiger partial charge is 0.465 e. The highest BCUT2D eigenvalue weighted by Gasteiger charge is 2.31. The minimum atomic E-state index is -4.73. The molecule has 2 aromatic carbocycles. The van der Waals surface area contributed by atoms with E-state index in [2.05, 4.69) is 19.8 Å². The van der Waals surface area contributed by atoms with Gasteiger partial charge in [0, 0.05) is 6.54 Å². The van der Waals surface area contributed by atoms with E-state index >= 15 is 0 Å². The number of nitrogens with zero attached hydrogens (tertiary/aromatic N) is 1. The molecule has 0 radical (unpaired) electrons. The molecule has 1 aromatic heterocycles. The summed E-state index contributed by atoms with van der Waals surface area (Å²) in [7, 11) is -3.33. The summed E-state index contributed by atoms with van der Waals surface area (Å²) >= 11 is 0. The van der Waals surface area contributed by atoms with Crippen molar-refractivity contribution in [1.29, 1.82) is 0 Å². The number of aromatic nitrogens is 1. The van der Waals surface area contributed by atoms with Crippen molar-refractivity contribution in [3.05, 3.63) is 77.0 Å². The van der Waals surface area contributed by atoms with Gasteiger partial charge in [-0.3, -0.25) is 9.52 Å². The number of hydrogen-bond donors (Lipinski definition) is 2. The fourth-order valence-corrected chi connectivity index (χ4v) is 4.01. The van der Waals surface area contributed by atoms with Crippen molar-refractivity contribution in [2.75, 3.05) is 11.8 Å². The van der Waals surface area contributed by atoms with Gasteiger partial charge in [-0.05, 0) is 48.9 Å². The Kier molecular flexibility index (Phi) is 6.96. The van der Waals surface area contributed by atoms with E-state index in [4.69, 9.17) is 4.42 Å². The van der Waals surface area contributed by atoms with E-state index in [1.54, 1.807) is 6.92 Å². The Balaban J connectivity index is 1.89. The third kappa shape index (κ3) is 5.73. The number of benzene rings is 2. The van der Waals surface area contributed by atoms with E-state index < -0.39 is 38.5 Å². The van der Waals surface area contributed by atoms with Gasteiger partial charge in [0.25, 0.3) is 15.9 Å². The van der Waals surface area contributed by atoms with E-state index in [1.807, 2.05) is 0 Å². The number of carbonyl (C=O) groups excluding carboxylic acids is 2. The van der Waals surface area contributed by atoms with Crippen LogP contribution in [0.3, 0.4) is 0 Å². The number of carbonyl (C=O) groups is 2. The van der Waals surface area contributed by atoms with E-state index in [0.29, 0.717) is 17.3 Å². The van der Waals surface area contributed by atoms with Crippen molar-refractivity contribution >= 4 is 27.6 Å². The second kappa shape index (κ2) is 9.55. The highest BCUT2D eigenvalue weighted by molar-refractivity contribution is 7.92. The molecule has 0 saturated carbocycles. The molecular weight excluding hydrogens is 479 g/mol. The number of alkyl halides is 3. The van der Waals surface area contributed by atoms with Crippen LogP contribution in [0.25, 0.3) is 0 Å². The first-order valence-electron chi connectivity index (χ1n) is 9.51. The Morgan fingerprint density at radius 3 is 2.50 bits per heavy atom. The summed E-state index contributed by atoms with van der Waals surface area (Å²) in [6.07, 6.45) is -3.63. The third-order valence-electron chi connectivity index (χ3n) is 4.54. The summed E-state index contributed by atoms with van der Waals surface area (Å²) in [5.41, 5.74) is -0.650. The van der Waals surface area contributed by atoms with Crippen LogP contribution >= 0.6 is 0 Å². The van der Waals surface area contributed by atoms with Crippen molar-refractivity contribution in [3.63, 3.8) is 0 Å². The van der Waals surface area contributed by atoms with E-state index in [9.17, 15) is 31.2 Å². The quantitative estimate of drug-likeness (QED) is 0.478. The number of oxazole rings is 1. The Morgan fingerprint density at radius 1 is 1.15 bits per heavy atom. The van der Waals surface area contributed by atoms with Crippen LogP contribution < -0.4 is 10.0 Å². The number of halogens is 3. The van der Waals surface area contributed by atoms with Gasteiger partial charge in [-0.15, -0.1) is 0 Å². The number of nitrogens with one attached hydrogen (secondary N) is 2. The van der Waals surface area contributed by atoms with E-state index in [1.165, 1.54) is 12.1 Å². The molecule has 1 heterocycles. The first-order chi connectivity index (χ1) is 15.9. The molecule has 0 unspecified atom stereocenters. The molecule has 0 aliphatic heterocycles. The minimum Gasteiger partial charge on any atom is -0.465 e. The number of hydrogen-bond acceptors (Lipinski definition) is 7. The number of sulfonamides is 1. The summed E-state index contributed by atoms with van der Waals surface area (Å²) in [4.78, 5) is 27.5. The lowest BCUT2D eigenvalue weighted by Gasteiger charge is -2.13. The Bertz CT molecular complexity index is 1340. The number of aryl methyl sites for hydroxylation is 1. The maximum Gasteiger partial charge on any atom is 0.416 e. The van der Waals surface area contributed by atoms with Gasteiger partial charge >= 0.3 is 12.1 Å². The first kappa shape index (κ1) is 24.8. The van der Waals surface area contributed by atoms with Crippen LogP contribution in [0.1, 0.15) is 37.7 Å². The molecule has 0 bridgehead atoms. The fourth-order valence-electron chi connectivity index (χ4n) is 2.92. The molecule has 3 aromatic rings. The Morgan fingerprint density at radius 2 is 1.88 bits per heavy atom. The van der Waals surface area contributed by atoms with Gasteiger partial charge in [0.1, 0.15) is 0 Å². The second-order valence-corrected chi connectivity index (χ2v) is 8.67. The van der Waals surface area contributed by atoms with Gasteiger partial charge in [-0.25, -0.2) is 18.2 Å². The maximum atomic E-state index is 13.0. The van der Waals surface area contributed by atoms with Gasteiger partial charge in [0.05, 0.1) is 34.5 Å². The van der Waals surface area contributed by atoms with E-state index in [0.717, 1.165) is 37.8 Å². The molecule has 0 atom stereocenters. The molecule has 0 saturated heterocycles. The van der Waals surface area contributed by atoms with Gasteiger partial charge in [0.15, 0.2) is 6.39 Å². The number of amides is 1. The minimum absolute atomic E-state index is 0.0189. The predicted molar refractivity (Wildman–Crippen MR) is 112 cm³/mol. The zero-order valence-electron chi connectivity index (χ0n) is 17.8. The van der Waals surface area contributed by atoms with Gasteiger partial charge in [-0.2, -0.15) is 13.2 Å². The molecule has 0 fully saturated rings. The number of esters is 1. The highest BCUT2D eigenvalue weighted by Crippen LogP contribution is 2.31. The van der Waals surface area contributed by atoms with Crippen LogP contribution in [0, 0.1) is 6.92 Å². The summed E-state index contributed by atoms with van der Waals surface area (Å²) in [5.74, 6) is -1.40. The zero-order valence-corrected chi connectivity index (χ0v) is 18.6. The van der Waals surface area contributed by atoms with Crippen LogP contribution in [-0.2, 0) is 27.5 Å². The first-order valence-corrected chi connectivity index (χ1v) is 11.0. The summed E-state index contributed by atoms with van der Waals surface area (Å²) in [6, 6.07) is 7.04. The fraction of sp³-hybridized carbons (Fsp3) is 0.190. The van der Waals surface area contributed by atoms with Crippen LogP contribution in [0.4, 0.5) is 18.9 Å². The normalized spacial score (nSPS) is 11.7. The van der Waals surface area contributed by atoms with E-state index in [-0.39, 0.29) is 23.6 Å². The van der Waals surface area contributed by atoms with Gasteiger partial charge in [0.2, 0.25) is 5.76 Å². The lowest BCUT2D eigenvalue weighted by Crippen LogP contribution is -2.23. The summed E-state index contributed by atoms with van der Waals surface area (Å²) in [6.45, 7) is 1.43. The van der Waals surface area contributed by atoms with Crippen molar-refractivity contribution in [3.8, 4) is 0 Å². The highest BCUT2D eigenvalue weighted by atomic mass is 32.2. The molecule has 34 heavy (non-hydrogen) atoms. The van der Waals surface area contributed by atoms with Crippen LogP contribution in [-0.4, -0.2) is 32.4 Å². The number of anilines is 1. The predicted octanol–water partition coefficient (Wildman–Crippen LogP) is 3.52. The molecular formula is C21H18F3N3O6S. The van der Waals surface area contributed by atoms with Crippen molar-refractivity contribution in [1.82, 2.24) is 10.3 Å². The monoisotopic (exact) mass is 497 g/mol. The lowest BCUT2D eigenvalue weighted by atomic mass is 10.1. The smallest absolute Gasteiger partial charge is 0.416 e. The van der Waals surface area contributed by atoms with Crippen LogP contribution in [0.5, 0.6) is 0 Å². The van der Waals surface area contributed by atoms with Crippen LogP contribution in [0.15, 0.2) is 58.2 Å². The standard InChI is InChI=1S/C21H18F3N3O6S/c1-12-18(33-11-26-12)19(28)25-10-13-6-14(20(29)32-2)8-16(7-13)27-34(30,31)17-5-3-4-15(9-17)21(22,23)24/h3-9,11,27H,10H2,1-2H3,(H,25,28).